The fraction of sp³-hybridized carbons (Fsp3) is 0.526. The standard InChI is InChI=1S/C19H24N2O2.ClH/c20-16-9-13-5-3-6-14(10-16)18(13)21-19(22)15-8-12-4-1-2-7-17(12)23-11-15;/h1-2,4,7-8,13-14,16,18H,3,5-6,9-11,20H2,(H,21,22);1H. The Morgan fingerprint density at radius 3 is 2.62 bits per heavy atom. The third-order valence-electron chi connectivity index (χ3n) is 5.60. The van der Waals surface area contributed by atoms with Crippen molar-refractivity contribution in [2.75, 3.05) is 6.61 Å². The number of fused-ring (bicyclic) bond motifs is 3. The monoisotopic (exact) mass is 348 g/mol. The van der Waals surface area contributed by atoms with Gasteiger partial charge in [-0.05, 0) is 49.7 Å². The molecule has 3 N–H and O–H groups in total. The zero-order valence-corrected chi connectivity index (χ0v) is 14.6. The molecule has 0 radical (unpaired) electrons. The van der Waals surface area contributed by atoms with Gasteiger partial charge in [0.25, 0.3) is 5.91 Å². The number of carbonyl (C=O) groups is 1. The van der Waals surface area contributed by atoms with E-state index in [2.05, 4.69) is 5.32 Å². The molecule has 2 unspecified atom stereocenters. The highest BCUT2D eigenvalue weighted by Crippen LogP contribution is 2.39. The molecule has 0 aromatic heterocycles. The number of para-hydroxylation sites is 1. The topological polar surface area (TPSA) is 64.3 Å². The Morgan fingerprint density at radius 1 is 1.17 bits per heavy atom. The molecule has 1 amide bonds. The van der Waals surface area contributed by atoms with Crippen molar-refractivity contribution in [3.05, 3.63) is 35.4 Å². The summed E-state index contributed by atoms with van der Waals surface area (Å²) in [5.74, 6) is 1.96. The largest absolute Gasteiger partial charge is 0.488 e. The highest BCUT2D eigenvalue weighted by atomic mass is 35.5. The van der Waals surface area contributed by atoms with Gasteiger partial charge in [0.1, 0.15) is 12.4 Å². The number of nitrogens with one attached hydrogen (secondary N) is 1. The Bertz CT molecular complexity index is 632. The molecule has 0 saturated heterocycles. The van der Waals surface area contributed by atoms with E-state index in [4.69, 9.17) is 10.5 Å². The molecule has 1 aliphatic heterocycles. The lowest BCUT2D eigenvalue weighted by atomic mass is 9.67. The van der Waals surface area contributed by atoms with Crippen molar-refractivity contribution in [2.24, 2.45) is 17.6 Å². The minimum Gasteiger partial charge on any atom is -0.488 e. The molecule has 4 nitrogen and oxygen atoms in total. The van der Waals surface area contributed by atoms with Gasteiger partial charge in [-0.2, -0.15) is 0 Å². The summed E-state index contributed by atoms with van der Waals surface area (Å²) in [7, 11) is 0. The fourth-order valence-electron chi connectivity index (χ4n) is 4.52. The summed E-state index contributed by atoms with van der Waals surface area (Å²) >= 11 is 0. The average Bonchev–Trinajstić information content (AvgIpc) is 2.55. The number of nitrogens with two attached hydrogens (primary N) is 1. The van der Waals surface area contributed by atoms with E-state index in [-0.39, 0.29) is 24.4 Å². The lowest BCUT2D eigenvalue weighted by Gasteiger charge is -2.45. The van der Waals surface area contributed by atoms with E-state index < -0.39 is 0 Å². The Hall–Kier alpha value is -1.52. The highest BCUT2D eigenvalue weighted by Gasteiger charge is 2.40. The van der Waals surface area contributed by atoms with Gasteiger partial charge in [-0.15, -0.1) is 12.4 Å². The second kappa shape index (κ2) is 7.16. The van der Waals surface area contributed by atoms with Gasteiger partial charge in [0.15, 0.2) is 0 Å². The molecule has 1 aromatic rings. The summed E-state index contributed by atoms with van der Waals surface area (Å²) < 4.78 is 5.71. The van der Waals surface area contributed by atoms with Gasteiger partial charge in [-0.3, -0.25) is 4.79 Å². The number of amides is 1. The van der Waals surface area contributed by atoms with Crippen LogP contribution in [0.4, 0.5) is 0 Å². The minimum atomic E-state index is 0. The number of halogens is 1. The van der Waals surface area contributed by atoms with Gasteiger partial charge in [-0.25, -0.2) is 0 Å². The highest BCUT2D eigenvalue weighted by molar-refractivity contribution is 5.99. The van der Waals surface area contributed by atoms with Crippen LogP contribution in [0.5, 0.6) is 5.75 Å². The minimum absolute atomic E-state index is 0. The number of rotatable bonds is 2. The maximum Gasteiger partial charge on any atom is 0.250 e. The van der Waals surface area contributed by atoms with Crippen LogP contribution in [0.15, 0.2) is 29.8 Å². The van der Waals surface area contributed by atoms with Crippen LogP contribution in [0, 0.1) is 11.8 Å². The third kappa shape index (κ3) is 3.31. The molecular formula is C19H25ClN2O2. The van der Waals surface area contributed by atoms with Crippen LogP contribution in [0.1, 0.15) is 37.7 Å². The van der Waals surface area contributed by atoms with Crippen molar-refractivity contribution >= 4 is 24.4 Å². The lowest BCUT2D eigenvalue weighted by molar-refractivity contribution is -0.120. The van der Waals surface area contributed by atoms with E-state index in [1.807, 2.05) is 30.3 Å². The quantitative estimate of drug-likeness (QED) is 0.863. The van der Waals surface area contributed by atoms with Crippen LogP contribution in [0.25, 0.3) is 6.08 Å². The van der Waals surface area contributed by atoms with Gasteiger partial charge in [0.2, 0.25) is 0 Å². The molecule has 4 rings (SSSR count). The SMILES string of the molecule is Cl.NC1CC2CCCC(C1)C2NC(=O)C1=Cc2ccccc2OC1. The van der Waals surface area contributed by atoms with Crippen molar-refractivity contribution in [2.45, 2.75) is 44.2 Å². The molecule has 24 heavy (non-hydrogen) atoms. The maximum absolute atomic E-state index is 12.7. The molecule has 2 aliphatic carbocycles. The van der Waals surface area contributed by atoms with Crippen LogP contribution in [0.3, 0.4) is 0 Å². The van der Waals surface area contributed by atoms with E-state index >= 15 is 0 Å². The zero-order chi connectivity index (χ0) is 15.8. The fourth-order valence-corrected chi connectivity index (χ4v) is 4.52. The second-order valence-corrected chi connectivity index (χ2v) is 7.18. The number of benzene rings is 1. The summed E-state index contributed by atoms with van der Waals surface area (Å²) in [5, 5.41) is 3.30. The molecule has 5 heteroatoms. The van der Waals surface area contributed by atoms with Gasteiger partial charge < -0.3 is 15.8 Å². The molecule has 2 bridgehead atoms. The summed E-state index contributed by atoms with van der Waals surface area (Å²) in [4.78, 5) is 12.7. The lowest BCUT2D eigenvalue weighted by Crippen LogP contribution is -2.54. The van der Waals surface area contributed by atoms with Gasteiger partial charge >= 0.3 is 0 Å². The summed E-state index contributed by atoms with van der Waals surface area (Å²) in [6.07, 6.45) is 7.69. The van der Waals surface area contributed by atoms with E-state index in [0.717, 1.165) is 29.7 Å². The molecule has 2 saturated carbocycles. The van der Waals surface area contributed by atoms with Crippen LogP contribution >= 0.6 is 12.4 Å². The van der Waals surface area contributed by atoms with Crippen molar-refractivity contribution < 1.29 is 9.53 Å². The van der Waals surface area contributed by atoms with E-state index in [1.165, 1.54) is 19.3 Å². The van der Waals surface area contributed by atoms with Crippen molar-refractivity contribution in [1.82, 2.24) is 5.32 Å². The first-order valence-corrected chi connectivity index (χ1v) is 8.69. The van der Waals surface area contributed by atoms with Crippen LogP contribution in [-0.4, -0.2) is 24.6 Å². The van der Waals surface area contributed by atoms with Gasteiger partial charge in [-0.1, -0.05) is 24.6 Å². The number of ether oxygens (including phenoxy) is 1. The van der Waals surface area contributed by atoms with Gasteiger partial charge in [0.05, 0.1) is 5.57 Å². The van der Waals surface area contributed by atoms with Gasteiger partial charge in [0, 0.05) is 17.6 Å². The van der Waals surface area contributed by atoms with Crippen molar-refractivity contribution in [3.8, 4) is 5.75 Å². The summed E-state index contributed by atoms with van der Waals surface area (Å²) in [5.41, 5.74) is 7.87. The first-order valence-electron chi connectivity index (χ1n) is 8.69. The number of hydrogen-bond donors (Lipinski definition) is 2. The molecule has 1 aromatic carbocycles. The number of carbonyl (C=O) groups excluding carboxylic acids is 1. The predicted molar refractivity (Wildman–Crippen MR) is 97.1 cm³/mol. The Kier molecular flexibility index (Phi) is 5.16. The van der Waals surface area contributed by atoms with E-state index in [1.54, 1.807) is 0 Å². The Labute approximate surface area is 149 Å². The molecule has 1 heterocycles. The Balaban J connectivity index is 0.00000169. The molecule has 2 fully saturated rings. The summed E-state index contributed by atoms with van der Waals surface area (Å²) in [6.45, 7) is 0.352. The summed E-state index contributed by atoms with van der Waals surface area (Å²) in [6, 6.07) is 8.43. The molecular weight excluding hydrogens is 324 g/mol. The zero-order valence-electron chi connectivity index (χ0n) is 13.7. The third-order valence-corrected chi connectivity index (χ3v) is 5.60. The van der Waals surface area contributed by atoms with E-state index in [0.29, 0.717) is 24.5 Å². The van der Waals surface area contributed by atoms with Crippen LogP contribution in [-0.2, 0) is 4.79 Å². The number of hydrogen-bond acceptors (Lipinski definition) is 3. The molecule has 2 atom stereocenters. The molecule has 0 spiro atoms. The molecule has 3 aliphatic rings. The second-order valence-electron chi connectivity index (χ2n) is 7.18. The van der Waals surface area contributed by atoms with Crippen molar-refractivity contribution in [1.29, 1.82) is 0 Å². The maximum atomic E-state index is 12.7. The molecule has 130 valence electrons. The smallest absolute Gasteiger partial charge is 0.250 e. The first-order chi connectivity index (χ1) is 11.2. The van der Waals surface area contributed by atoms with Crippen molar-refractivity contribution in [3.63, 3.8) is 0 Å². The predicted octanol–water partition coefficient (Wildman–Crippen LogP) is 2.91. The first kappa shape index (κ1) is 17.3. The normalized spacial score (nSPS) is 31.0. The average molecular weight is 349 g/mol. The van der Waals surface area contributed by atoms with Crippen LogP contribution in [0.2, 0.25) is 0 Å². The van der Waals surface area contributed by atoms with E-state index in [9.17, 15) is 4.79 Å². The Morgan fingerprint density at radius 2 is 1.88 bits per heavy atom. The van der Waals surface area contributed by atoms with Crippen LogP contribution < -0.4 is 15.8 Å².